The van der Waals surface area contributed by atoms with Crippen LogP contribution in [0.2, 0.25) is 0 Å². The fraction of sp³-hybridized carbons (Fsp3) is 0.611. The zero-order valence-corrected chi connectivity index (χ0v) is 14.4. The quantitative estimate of drug-likeness (QED) is 0.848. The summed E-state index contributed by atoms with van der Waals surface area (Å²) in [7, 11) is 0. The van der Waals surface area contributed by atoms with Crippen LogP contribution in [0, 0.1) is 0 Å². The molecule has 3 atom stereocenters. The van der Waals surface area contributed by atoms with Crippen molar-refractivity contribution in [1.29, 1.82) is 0 Å². The highest BCUT2D eigenvalue weighted by atomic mass is 16.2. The molecule has 0 radical (unpaired) electrons. The Bertz CT molecular complexity index is 732. The summed E-state index contributed by atoms with van der Waals surface area (Å²) in [6, 6.07) is 5.48. The van der Waals surface area contributed by atoms with Crippen molar-refractivity contribution in [2.75, 3.05) is 13.1 Å². The van der Waals surface area contributed by atoms with Gasteiger partial charge in [0.2, 0.25) is 0 Å². The first-order chi connectivity index (χ1) is 11.6. The van der Waals surface area contributed by atoms with Crippen LogP contribution in [0.1, 0.15) is 49.9 Å². The Morgan fingerprint density at radius 2 is 1.96 bits per heavy atom. The van der Waals surface area contributed by atoms with E-state index in [9.17, 15) is 4.79 Å². The maximum Gasteiger partial charge on any atom is 0.257 e. The third kappa shape index (κ3) is 2.59. The average Bonchev–Trinajstić information content (AvgIpc) is 3.18. The Labute approximate surface area is 142 Å². The summed E-state index contributed by atoms with van der Waals surface area (Å²) < 4.78 is 1.53. The maximum absolute atomic E-state index is 13.0. The van der Waals surface area contributed by atoms with E-state index in [2.05, 4.69) is 28.9 Å². The van der Waals surface area contributed by atoms with Crippen LogP contribution in [-0.4, -0.2) is 61.7 Å². The minimum absolute atomic E-state index is 0.0854. The van der Waals surface area contributed by atoms with Crippen LogP contribution >= 0.6 is 0 Å². The molecule has 24 heavy (non-hydrogen) atoms. The second kappa shape index (κ2) is 6.16. The maximum atomic E-state index is 13.0. The van der Waals surface area contributed by atoms with Gasteiger partial charge in [-0.1, -0.05) is 0 Å². The van der Waals surface area contributed by atoms with Crippen molar-refractivity contribution in [1.82, 2.24) is 24.6 Å². The van der Waals surface area contributed by atoms with E-state index in [1.54, 1.807) is 12.4 Å². The number of fused-ring (bicyclic) bond motifs is 1. The zero-order chi connectivity index (χ0) is 16.7. The van der Waals surface area contributed by atoms with E-state index in [0.29, 0.717) is 23.7 Å². The Hall–Kier alpha value is -1.95. The standard InChI is InChI=1S/C18H25N5O/c1-13-7-8-14(2)22(13)15-5-4-10-21(12-15)18(24)16-11-20-23-17(16)6-3-9-19-23/h3,6,9,11,13-15H,4-5,7-8,10,12H2,1-2H3. The van der Waals surface area contributed by atoms with Gasteiger partial charge < -0.3 is 4.90 Å². The van der Waals surface area contributed by atoms with Crippen LogP contribution < -0.4 is 0 Å². The van der Waals surface area contributed by atoms with Gasteiger partial charge in [-0.25, -0.2) is 0 Å². The van der Waals surface area contributed by atoms with Gasteiger partial charge in [0.1, 0.15) is 5.52 Å². The van der Waals surface area contributed by atoms with E-state index in [-0.39, 0.29) is 5.91 Å². The number of hydrogen-bond acceptors (Lipinski definition) is 4. The Balaban J connectivity index is 1.54. The Morgan fingerprint density at radius 3 is 2.75 bits per heavy atom. The smallest absolute Gasteiger partial charge is 0.257 e. The van der Waals surface area contributed by atoms with E-state index in [0.717, 1.165) is 25.0 Å². The summed E-state index contributed by atoms with van der Waals surface area (Å²) in [4.78, 5) is 17.7. The Kier molecular flexibility index (Phi) is 4.00. The molecule has 2 aromatic rings. The normalized spacial score (nSPS) is 28.6. The van der Waals surface area contributed by atoms with Gasteiger partial charge in [0.05, 0.1) is 11.8 Å². The first-order valence-corrected chi connectivity index (χ1v) is 9.01. The van der Waals surface area contributed by atoms with Gasteiger partial charge in [-0.3, -0.25) is 9.69 Å². The molecule has 6 heteroatoms. The molecule has 6 nitrogen and oxygen atoms in total. The molecule has 0 aliphatic carbocycles. The number of rotatable bonds is 2. The second-order valence-corrected chi connectivity index (χ2v) is 7.23. The largest absolute Gasteiger partial charge is 0.337 e. The highest BCUT2D eigenvalue weighted by molar-refractivity contribution is 6.00. The molecule has 128 valence electrons. The number of piperidine rings is 1. The van der Waals surface area contributed by atoms with Gasteiger partial charge in [0.15, 0.2) is 0 Å². The Morgan fingerprint density at radius 1 is 1.17 bits per heavy atom. The molecule has 0 saturated carbocycles. The van der Waals surface area contributed by atoms with Crippen molar-refractivity contribution in [3.8, 4) is 0 Å². The SMILES string of the molecule is CC1CCC(C)N1C1CCCN(C(=O)c2cnn3ncccc23)C1. The molecule has 0 aromatic carbocycles. The highest BCUT2D eigenvalue weighted by Gasteiger charge is 2.36. The van der Waals surface area contributed by atoms with Gasteiger partial charge in [0.25, 0.3) is 5.91 Å². The number of carbonyl (C=O) groups excluding carboxylic acids is 1. The molecule has 2 fully saturated rings. The molecule has 3 unspecified atom stereocenters. The number of hydrogen-bond donors (Lipinski definition) is 0. The van der Waals surface area contributed by atoms with Crippen molar-refractivity contribution in [3.05, 3.63) is 30.1 Å². The third-order valence-corrected chi connectivity index (χ3v) is 5.66. The lowest BCUT2D eigenvalue weighted by Crippen LogP contribution is -2.52. The predicted molar refractivity (Wildman–Crippen MR) is 91.9 cm³/mol. The topological polar surface area (TPSA) is 53.7 Å². The average molecular weight is 327 g/mol. The van der Waals surface area contributed by atoms with Gasteiger partial charge in [-0.05, 0) is 51.7 Å². The fourth-order valence-electron chi connectivity index (χ4n) is 4.49. The van der Waals surface area contributed by atoms with Gasteiger partial charge >= 0.3 is 0 Å². The molecule has 4 rings (SSSR count). The van der Waals surface area contributed by atoms with Crippen LogP contribution in [0.5, 0.6) is 0 Å². The highest BCUT2D eigenvalue weighted by Crippen LogP contribution is 2.30. The molecule has 2 saturated heterocycles. The summed E-state index contributed by atoms with van der Waals surface area (Å²) in [5.41, 5.74) is 1.44. The molecule has 2 aromatic heterocycles. The minimum Gasteiger partial charge on any atom is -0.337 e. The lowest BCUT2D eigenvalue weighted by Gasteiger charge is -2.41. The molecule has 2 aliphatic heterocycles. The first kappa shape index (κ1) is 15.6. The van der Waals surface area contributed by atoms with Crippen molar-refractivity contribution >= 4 is 11.4 Å². The molecule has 0 N–H and O–H groups in total. The summed E-state index contributed by atoms with van der Waals surface area (Å²) in [5, 5.41) is 8.36. The zero-order valence-electron chi connectivity index (χ0n) is 14.4. The van der Waals surface area contributed by atoms with E-state index in [4.69, 9.17) is 0 Å². The molecule has 0 bridgehead atoms. The van der Waals surface area contributed by atoms with Crippen LogP contribution in [0.3, 0.4) is 0 Å². The molecule has 0 spiro atoms. The van der Waals surface area contributed by atoms with Crippen LogP contribution in [0.15, 0.2) is 24.5 Å². The molecule has 4 heterocycles. The number of aromatic nitrogens is 3. The second-order valence-electron chi connectivity index (χ2n) is 7.23. The predicted octanol–water partition coefficient (Wildman–Crippen LogP) is 2.21. The minimum atomic E-state index is 0.0854. The molecular formula is C18H25N5O. The molecule has 1 amide bonds. The lowest BCUT2D eigenvalue weighted by molar-refractivity contribution is 0.0488. The fourth-order valence-corrected chi connectivity index (χ4v) is 4.49. The molecular weight excluding hydrogens is 302 g/mol. The van der Waals surface area contributed by atoms with E-state index in [1.807, 2.05) is 17.0 Å². The van der Waals surface area contributed by atoms with Crippen molar-refractivity contribution in [2.45, 2.75) is 57.7 Å². The summed E-state index contributed by atoms with van der Waals surface area (Å²) >= 11 is 0. The number of nitrogens with zero attached hydrogens (tertiary/aromatic N) is 5. The van der Waals surface area contributed by atoms with Gasteiger partial charge in [0, 0.05) is 37.4 Å². The lowest BCUT2D eigenvalue weighted by atomic mass is 10.0. The van der Waals surface area contributed by atoms with Crippen LogP contribution in [0.25, 0.3) is 5.52 Å². The monoisotopic (exact) mass is 327 g/mol. The number of likely N-dealkylation sites (tertiary alicyclic amines) is 2. The third-order valence-electron chi connectivity index (χ3n) is 5.66. The van der Waals surface area contributed by atoms with E-state index >= 15 is 0 Å². The van der Waals surface area contributed by atoms with Crippen molar-refractivity contribution < 1.29 is 4.79 Å². The molecule has 2 aliphatic rings. The summed E-state index contributed by atoms with van der Waals surface area (Å²) in [6.45, 7) is 6.30. The van der Waals surface area contributed by atoms with E-state index in [1.165, 1.54) is 23.9 Å². The summed E-state index contributed by atoms with van der Waals surface area (Å²) in [6.07, 6.45) is 8.13. The number of carbonyl (C=O) groups is 1. The first-order valence-electron chi connectivity index (χ1n) is 9.01. The van der Waals surface area contributed by atoms with E-state index < -0.39 is 0 Å². The van der Waals surface area contributed by atoms with Crippen LogP contribution in [0.4, 0.5) is 0 Å². The van der Waals surface area contributed by atoms with Crippen molar-refractivity contribution in [3.63, 3.8) is 0 Å². The van der Waals surface area contributed by atoms with Gasteiger partial charge in [-0.2, -0.15) is 14.8 Å². The number of amides is 1. The van der Waals surface area contributed by atoms with Gasteiger partial charge in [-0.15, -0.1) is 0 Å². The van der Waals surface area contributed by atoms with Crippen LogP contribution in [-0.2, 0) is 0 Å². The van der Waals surface area contributed by atoms with Crippen molar-refractivity contribution in [2.24, 2.45) is 0 Å². The summed E-state index contributed by atoms with van der Waals surface area (Å²) in [5.74, 6) is 0.0854.